The molecule has 0 spiro atoms. The van der Waals surface area contributed by atoms with Crippen molar-refractivity contribution in [2.45, 2.75) is 0 Å². The van der Waals surface area contributed by atoms with Crippen LogP contribution in [0.15, 0.2) is 164 Å². The van der Waals surface area contributed by atoms with Crippen LogP contribution in [0.5, 0.6) is 0 Å². The summed E-state index contributed by atoms with van der Waals surface area (Å²) in [6.07, 6.45) is 1.87. The van der Waals surface area contributed by atoms with E-state index in [1.807, 2.05) is 12.3 Å². The molecule has 0 amide bonds. The van der Waals surface area contributed by atoms with E-state index in [1.54, 1.807) is 0 Å². The van der Waals surface area contributed by atoms with Crippen LogP contribution in [0.3, 0.4) is 0 Å². The fourth-order valence-electron chi connectivity index (χ4n) is 5.13. The number of nitrogens with zero attached hydrogens (tertiary/aromatic N) is 2. The molecule has 0 fully saturated rings. The fourth-order valence-corrected chi connectivity index (χ4v) is 5.13. The van der Waals surface area contributed by atoms with Gasteiger partial charge in [-0.1, -0.05) is 126 Å². The topological polar surface area (TPSA) is 16.1 Å². The molecule has 180 valence electrons. The predicted octanol–water partition coefficient (Wildman–Crippen LogP) is 6.73. The summed E-state index contributed by atoms with van der Waals surface area (Å²) in [5.74, 6) is 0. The molecule has 0 aliphatic rings. The van der Waals surface area contributed by atoms with Gasteiger partial charge in [0.2, 0.25) is 6.71 Å². The third-order valence-corrected chi connectivity index (χ3v) is 6.84. The molecule has 0 radical (unpaired) electrons. The molecule has 0 atom stereocenters. The molecule has 1 aromatic heterocycles. The Hall–Kier alpha value is -4.89. The van der Waals surface area contributed by atoms with E-state index in [1.165, 1.54) is 16.4 Å². The van der Waals surface area contributed by atoms with Gasteiger partial charge in [-0.25, -0.2) is 0 Å². The number of rotatable bonds is 7. The summed E-state index contributed by atoms with van der Waals surface area (Å²) >= 11 is 0. The molecule has 6 aromatic rings. The van der Waals surface area contributed by atoms with Gasteiger partial charge in [-0.15, -0.1) is 0 Å². The standard InChI is InChI=1S/C35H27BN2/c1-5-15-28(16-6-1)36(29-17-7-2-8-18-29)34-27-32(24-25-33(34)35-23-13-14-26-37-35)38(30-19-9-3-10-20-30)31-21-11-4-12-22-31/h1-27H. The number of benzene rings is 5. The maximum absolute atomic E-state index is 4.76. The Morgan fingerprint density at radius 3 is 1.45 bits per heavy atom. The molecule has 6 rings (SSSR count). The normalized spacial score (nSPS) is 10.6. The lowest BCUT2D eigenvalue weighted by Gasteiger charge is -2.28. The Morgan fingerprint density at radius 1 is 0.447 bits per heavy atom. The Balaban J connectivity index is 1.61. The second-order valence-corrected chi connectivity index (χ2v) is 9.25. The van der Waals surface area contributed by atoms with Crippen molar-refractivity contribution in [3.05, 3.63) is 164 Å². The summed E-state index contributed by atoms with van der Waals surface area (Å²) in [5, 5.41) is 0. The van der Waals surface area contributed by atoms with Crippen molar-refractivity contribution in [2.75, 3.05) is 4.90 Å². The van der Waals surface area contributed by atoms with E-state index in [0.717, 1.165) is 28.3 Å². The molecule has 1 heterocycles. The number of hydrogen-bond acceptors (Lipinski definition) is 2. The Labute approximate surface area is 225 Å². The van der Waals surface area contributed by atoms with Crippen molar-refractivity contribution in [2.24, 2.45) is 0 Å². The minimum Gasteiger partial charge on any atom is -0.311 e. The second-order valence-electron chi connectivity index (χ2n) is 9.25. The predicted molar refractivity (Wildman–Crippen MR) is 162 cm³/mol. The Kier molecular flexibility index (Phi) is 6.82. The van der Waals surface area contributed by atoms with Gasteiger partial charge in [-0.3, -0.25) is 4.98 Å². The number of para-hydroxylation sites is 2. The van der Waals surface area contributed by atoms with Gasteiger partial charge in [-0.2, -0.15) is 0 Å². The highest BCUT2D eigenvalue weighted by Gasteiger charge is 2.26. The van der Waals surface area contributed by atoms with Gasteiger partial charge in [0, 0.05) is 23.3 Å². The molecule has 0 aliphatic heterocycles. The maximum Gasteiger partial charge on any atom is 0.242 e. The zero-order chi connectivity index (χ0) is 25.6. The van der Waals surface area contributed by atoms with E-state index in [9.17, 15) is 0 Å². The number of hydrogen-bond donors (Lipinski definition) is 0. The van der Waals surface area contributed by atoms with Crippen molar-refractivity contribution >= 4 is 40.2 Å². The van der Waals surface area contributed by atoms with Gasteiger partial charge in [-0.05, 0) is 54.1 Å². The van der Waals surface area contributed by atoms with Crippen LogP contribution in [-0.4, -0.2) is 11.7 Å². The highest BCUT2D eigenvalue weighted by atomic mass is 15.1. The van der Waals surface area contributed by atoms with Crippen LogP contribution in [-0.2, 0) is 0 Å². The van der Waals surface area contributed by atoms with E-state index in [4.69, 9.17) is 4.98 Å². The minimum absolute atomic E-state index is 0.0442. The van der Waals surface area contributed by atoms with Crippen molar-refractivity contribution in [3.63, 3.8) is 0 Å². The number of aromatic nitrogens is 1. The summed E-state index contributed by atoms with van der Waals surface area (Å²) in [6.45, 7) is 0.0442. The first-order valence-corrected chi connectivity index (χ1v) is 12.9. The number of pyridine rings is 1. The SMILES string of the molecule is c1ccc(B(c2ccccc2)c2cc(N(c3ccccc3)c3ccccc3)ccc2-c2ccccn2)cc1. The molecule has 3 heteroatoms. The molecule has 0 unspecified atom stereocenters. The molecule has 0 N–H and O–H groups in total. The molecule has 0 aliphatic carbocycles. The lowest BCUT2D eigenvalue weighted by molar-refractivity contribution is 1.28. The molecule has 2 nitrogen and oxygen atoms in total. The molecular formula is C35H27BN2. The van der Waals surface area contributed by atoms with E-state index >= 15 is 0 Å². The third-order valence-electron chi connectivity index (χ3n) is 6.84. The van der Waals surface area contributed by atoms with E-state index in [0.29, 0.717) is 0 Å². The Morgan fingerprint density at radius 2 is 0.947 bits per heavy atom. The second kappa shape index (κ2) is 11.0. The van der Waals surface area contributed by atoms with Crippen LogP contribution in [0.2, 0.25) is 0 Å². The molecule has 38 heavy (non-hydrogen) atoms. The maximum atomic E-state index is 4.76. The molecule has 0 saturated heterocycles. The van der Waals surface area contributed by atoms with Gasteiger partial charge in [0.1, 0.15) is 0 Å². The van der Waals surface area contributed by atoms with Crippen LogP contribution < -0.4 is 21.3 Å². The summed E-state index contributed by atoms with van der Waals surface area (Å²) < 4.78 is 0. The van der Waals surface area contributed by atoms with E-state index in [-0.39, 0.29) is 6.71 Å². The molecule has 0 saturated carbocycles. The lowest BCUT2D eigenvalue weighted by Crippen LogP contribution is -2.52. The van der Waals surface area contributed by atoms with E-state index < -0.39 is 0 Å². The first-order valence-electron chi connectivity index (χ1n) is 12.9. The van der Waals surface area contributed by atoms with Crippen molar-refractivity contribution in [1.82, 2.24) is 4.98 Å². The summed E-state index contributed by atoms with van der Waals surface area (Å²) in [4.78, 5) is 7.07. The van der Waals surface area contributed by atoms with Crippen LogP contribution in [0, 0.1) is 0 Å². The largest absolute Gasteiger partial charge is 0.311 e. The van der Waals surface area contributed by atoms with Crippen LogP contribution in [0.25, 0.3) is 11.3 Å². The van der Waals surface area contributed by atoms with E-state index in [2.05, 4.69) is 157 Å². The summed E-state index contributed by atoms with van der Waals surface area (Å²) in [5.41, 5.74) is 9.16. The van der Waals surface area contributed by atoms with Gasteiger partial charge in [0.15, 0.2) is 0 Å². The summed E-state index contributed by atoms with van der Waals surface area (Å²) in [7, 11) is 0. The average Bonchev–Trinajstić information content (AvgIpc) is 3.00. The zero-order valence-corrected chi connectivity index (χ0v) is 21.1. The monoisotopic (exact) mass is 486 g/mol. The zero-order valence-electron chi connectivity index (χ0n) is 21.1. The third kappa shape index (κ3) is 4.87. The van der Waals surface area contributed by atoms with Crippen molar-refractivity contribution < 1.29 is 0 Å². The van der Waals surface area contributed by atoms with Crippen molar-refractivity contribution in [3.8, 4) is 11.3 Å². The smallest absolute Gasteiger partial charge is 0.242 e. The highest BCUT2D eigenvalue weighted by molar-refractivity contribution is 6.96. The van der Waals surface area contributed by atoms with Crippen LogP contribution in [0.1, 0.15) is 0 Å². The van der Waals surface area contributed by atoms with Gasteiger partial charge >= 0.3 is 0 Å². The van der Waals surface area contributed by atoms with Crippen molar-refractivity contribution in [1.29, 1.82) is 0 Å². The van der Waals surface area contributed by atoms with Gasteiger partial charge in [0.05, 0.1) is 5.69 Å². The minimum atomic E-state index is 0.0442. The summed E-state index contributed by atoms with van der Waals surface area (Å²) in [6, 6.07) is 55.5. The molecule has 0 bridgehead atoms. The Bertz CT molecular complexity index is 1510. The van der Waals surface area contributed by atoms with Crippen LogP contribution in [0.4, 0.5) is 17.1 Å². The highest BCUT2D eigenvalue weighted by Crippen LogP contribution is 2.34. The van der Waals surface area contributed by atoms with Gasteiger partial charge in [0.25, 0.3) is 0 Å². The number of anilines is 3. The molecule has 5 aromatic carbocycles. The quantitative estimate of drug-likeness (QED) is 0.233. The van der Waals surface area contributed by atoms with Crippen LogP contribution >= 0.6 is 0 Å². The average molecular weight is 486 g/mol. The fraction of sp³-hybridized carbons (Fsp3) is 0. The first-order chi connectivity index (χ1) is 18.9. The first kappa shape index (κ1) is 23.5. The lowest BCUT2D eigenvalue weighted by atomic mass is 9.36. The van der Waals surface area contributed by atoms with Gasteiger partial charge < -0.3 is 4.90 Å². The molecular weight excluding hydrogens is 459 g/mol.